The lowest BCUT2D eigenvalue weighted by atomic mass is 9.70. The zero-order valence-corrected chi connectivity index (χ0v) is 10.3. The van der Waals surface area contributed by atoms with Crippen LogP contribution in [0, 0.1) is 5.41 Å². The molecule has 1 N–H and O–H groups in total. The molecule has 1 saturated carbocycles. The number of rotatable bonds is 4. The van der Waals surface area contributed by atoms with Crippen molar-refractivity contribution in [1.29, 1.82) is 0 Å². The number of methoxy groups -OCH3 is 1. The maximum absolute atomic E-state index is 11.4. The average Bonchev–Trinajstić information content (AvgIpc) is 2.33. The normalized spacial score (nSPS) is 17.1. The van der Waals surface area contributed by atoms with Crippen molar-refractivity contribution in [2.45, 2.75) is 26.2 Å². The molecule has 1 aromatic heterocycles. The van der Waals surface area contributed by atoms with Crippen LogP contribution < -0.4 is 5.32 Å². The van der Waals surface area contributed by atoms with Crippen molar-refractivity contribution in [2.24, 2.45) is 5.41 Å². The second kappa shape index (κ2) is 4.73. The maximum atomic E-state index is 11.4. The molecule has 1 aliphatic carbocycles. The molecule has 1 heterocycles. The predicted octanol–water partition coefficient (Wildman–Crippen LogP) is 2.47. The first-order valence-corrected chi connectivity index (χ1v) is 5.91. The number of carbonyl (C=O) groups is 1. The van der Waals surface area contributed by atoms with Crippen LogP contribution in [-0.2, 0) is 4.74 Å². The Morgan fingerprint density at radius 1 is 1.59 bits per heavy atom. The SMILES string of the molecule is COC(=O)c1ccnc(NCC2(C)CCC2)c1. The van der Waals surface area contributed by atoms with Gasteiger partial charge in [-0.1, -0.05) is 13.3 Å². The van der Waals surface area contributed by atoms with Crippen molar-refractivity contribution in [1.82, 2.24) is 4.98 Å². The molecule has 0 unspecified atom stereocenters. The van der Waals surface area contributed by atoms with Crippen LogP contribution in [0.5, 0.6) is 0 Å². The molecule has 0 amide bonds. The van der Waals surface area contributed by atoms with Gasteiger partial charge >= 0.3 is 5.97 Å². The third-order valence-electron chi connectivity index (χ3n) is 3.44. The van der Waals surface area contributed by atoms with E-state index in [2.05, 4.69) is 22.0 Å². The number of ether oxygens (including phenoxy) is 1. The van der Waals surface area contributed by atoms with E-state index >= 15 is 0 Å². The van der Waals surface area contributed by atoms with Crippen LogP contribution in [0.4, 0.5) is 5.82 Å². The van der Waals surface area contributed by atoms with Gasteiger partial charge < -0.3 is 10.1 Å². The first kappa shape index (κ1) is 11.9. The molecule has 1 aliphatic rings. The molecular formula is C13H18N2O2. The summed E-state index contributed by atoms with van der Waals surface area (Å²) >= 11 is 0. The highest BCUT2D eigenvalue weighted by Crippen LogP contribution is 2.40. The fourth-order valence-corrected chi connectivity index (χ4v) is 2.03. The Balaban J connectivity index is 1.98. The Morgan fingerprint density at radius 3 is 2.94 bits per heavy atom. The van der Waals surface area contributed by atoms with Gasteiger partial charge in [-0.15, -0.1) is 0 Å². The third-order valence-corrected chi connectivity index (χ3v) is 3.44. The summed E-state index contributed by atoms with van der Waals surface area (Å²) < 4.78 is 4.67. The summed E-state index contributed by atoms with van der Waals surface area (Å²) in [4.78, 5) is 15.6. The van der Waals surface area contributed by atoms with Crippen molar-refractivity contribution in [3.05, 3.63) is 23.9 Å². The van der Waals surface area contributed by atoms with Gasteiger partial charge in [0.15, 0.2) is 0 Å². The number of aromatic nitrogens is 1. The molecule has 0 aliphatic heterocycles. The molecule has 92 valence electrons. The Labute approximate surface area is 101 Å². The van der Waals surface area contributed by atoms with Crippen molar-refractivity contribution in [2.75, 3.05) is 19.0 Å². The van der Waals surface area contributed by atoms with Gasteiger partial charge in [-0.2, -0.15) is 0 Å². The molecular weight excluding hydrogens is 216 g/mol. The van der Waals surface area contributed by atoms with E-state index in [1.165, 1.54) is 26.4 Å². The van der Waals surface area contributed by atoms with E-state index in [0.29, 0.717) is 11.0 Å². The topological polar surface area (TPSA) is 51.2 Å². The van der Waals surface area contributed by atoms with Crippen molar-refractivity contribution >= 4 is 11.8 Å². The summed E-state index contributed by atoms with van der Waals surface area (Å²) in [7, 11) is 1.38. The van der Waals surface area contributed by atoms with E-state index in [1.807, 2.05) is 0 Å². The minimum absolute atomic E-state index is 0.328. The quantitative estimate of drug-likeness (QED) is 0.813. The third kappa shape index (κ3) is 2.75. The molecule has 0 aromatic carbocycles. The zero-order valence-electron chi connectivity index (χ0n) is 10.3. The number of hydrogen-bond acceptors (Lipinski definition) is 4. The van der Waals surface area contributed by atoms with Crippen LogP contribution >= 0.6 is 0 Å². The molecule has 4 nitrogen and oxygen atoms in total. The second-order valence-corrected chi connectivity index (χ2v) is 4.94. The highest BCUT2D eigenvalue weighted by Gasteiger charge is 2.31. The molecule has 4 heteroatoms. The number of nitrogens with zero attached hydrogens (tertiary/aromatic N) is 1. The monoisotopic (exact) mass is 234 g/mol. The molecule has 1 aromatic rings. The van der Waals surface area contributed by atoms with Crippen LogP contribution in [0.2, 0.25) is 0 Å². The van der Waals surface area contributed by atoms with Crippen molar-refractivity contribution in [3.8, 4) is 0 Å². The van der Waals surface area contributed by atoms with Crippen molar-refractivity contribution in [3.63, 3.8) is 0 Å². The standard InChI is InChI=1S/C13H18N2O2/c1-13(5-3-6-13)9-15-11-8-10(4-7-14-11)12(16)17-2/h4,7-8H,3,5-6,9H2,1-2H3,(H,14,15). The van der Waals surface area contributed by atoms with Crippen LogP contribution in [0.25, 0.3) is 0 Å². The summed E-state index contributed by atoms with van der Waals surface area (Å²) in [6.45, 7) is 3.18. The van der Waals surface area contributed by atoms with E-state index in [1.54, 1.807) is 18.3 Å². The molecule has 0 spiro atoms. The minimum atomic E-state index is -0.328. The van der Waals surface area contributed by atoms with E-state index in [4.69, 9.17) is 0 Å². The van der Waals surface area contributed by atoms with Gasteiger partial charge in [0, 0.05) is 12.7 Å². The van der Waals surface area contributed by atoms with E-state index in [0.717, 1.165) is 12.4 Å². The second-order valence-electron chi connectivity index (χ2n) is 4.94. The molecule has 1 fully saturated rings. The highest BCUT2D eigenvalue weighted by molar-refractivity contribution is 5.89. The Bertz CT molecular complexity index is 414. The smallest absolute Gasteiger partial charge is 0.338 e. The lowest BCUT2D eigenvalue weighted by molar-refractivity contribution is 0.0600. The summed E-state index contributed by atoms with van der Waals surface area (Å²) in [6, 6.07) is 3.38. The minimum Gasteiger partial charge on any atom is -0.465 e. The number of anilines is 1. The molecule has 0 radical (unpaired) electrons. The van der Waals surface area contributed by atoms with Gasteiger partial charge in [0.1, 0.15) is 5.82 Å². The lowest BCUT2D eigenvalue weighted by Gasteiger charge is -2.38. The summed E-state index contributed by atoms with van der Waals surface area (Å²) in [5, 5.41) is 3.29. The average molecular weight is 234 g/mol. The van der Waals surface area contributed by atoms with Crippen LogP contribution in [0.15, 0.2) is 18.3 Å². The van der Waals surface area contributed by atoms with Crippen LogP contribution in [0.3, 0.4) is 0 Å². The van der Waals surface area contributed by atoms with E-state index in [-0.39, 0.29) is 5.97 Å². The molecule has 0 bridgehead atoms. The largest absolute Gasteiger partial charge is 0.465 e. The predicted molar refractivity (Wildman–Crippen MR) is 66.0 cm³/mol. The molecule has 0 atom stereocenters. The van der Waals surface area contributed by atoms with Gasteiger partial charge in [-0.25, -0.2) is 9.78 Å². The van der Waals surface area contributed by atoms with E-state index < -0.39 is 0 Å². The number of hydrogen-bond donors (Lipinski definition) is 1. The van der Waals surface area contributed by atoms with Gasteiger partial charge in [0.25, 0.3) is 0 Å². The molecule has 2 rings (SSSR count). The Hall–Kier alpha value is -1.58. The summed E-state index contributed by atoms with van der Waals surface area (Å²) in [5.41, 5.74) is 0.923. The van der Waals surface area contributed by atoms with Gasteiger partial charge in [0.2, 0.25) is 0 Å². The first-order chi connectivity index (χ1) is 8.13. The van der Waals surface area contributed by atoms with E-state index in [9.17, 15) is 4.79 Å². The fourth-order valence-electron chi connectivity index (χ4n) is 2.03. The highest BCUT2D eigenvalue weighted by atomic mass is 16.5. The van der Waals surface area contributed by atoms with Gasteiger partial charge in [-0.05, 0) is 30.4 Å². The summed E-state index contributed by atoms with van der Waals surface area (Å²) in [6.07, 6.45) is 5.46. The zero-order chi connectivity index (χ0) is 12.3. The number of carbonyl (C=O) groups excluding carboxylic acids is 1. The molecule has 0 saturated heterocycles. The van der Waals surface area contributed by atoms with Gasteiger partial charge in [-0.3, -0.25) is 0 Å². The fraction of sp³-hybridized carbons (Fsp3) is 0.538. The number of nitrogens with one attached hydrogen (secondary N) is 1. The first-order valence-electron chi connectivity index (χ1n) is 5.91. The Kier molecular flexibility index (Phi) is 3.31. The molecule has 17 heavy (non-hydrogen) atoms. The summed E-state index contributed by atoms with van der Waals surface area (Å²) in [5.74, 6) is 0.409. The Morgan fingerprint density at radius 2 is 2.35 bits per heavy atom. The lowest BCUT2D eigenvalue weighted by Crippen LogP contribution is -2.33. The van der Waals surface area contributed by atoms with Crippen molar-refractivity contribution < 1.29 is 9.53 Å². The number of esters is 1. The van der Waals surface area contributed by atoms with Gasteiger partial charge in [0.05, 0.1) is 12.7 Å². The maximum Gasteiger partial charge on any atom is 0.338 e. The van der Waals surface area contributed by atoms with Crippen LogP contribution in [-0.4, -0.2) is 24.6 Å². The van der Waals surface area contributed by atoms with Crippen LogP contribution in [0.1, 0.15) is 36.5 Å². The number of pyridine rings is 1.